The minimum atomic E-state index is 0.443. The number of rotatable bonds is 6. The van der Waals surface area contributed by atoms with Crippen LogP contribution >= 0.6 is 0 Å². The monoisotopic (exact) mass is 274 g/mol. The second-order valence-electron chi connectivity index (χ2n) is 6.25. The average Bonchev–Trinajstić information content (AvgIpc) is 2.93. The smallest absolute Gasteiger partial charge is 0.0366 e. The van der Waals surface area contributed by atoms with Crippen molar-refractivity contribution in [2.75, 3.05) is 24.5 Å². The van der Waals surface area contributed by atoms with Crippen molar-refractivity contribution < 1.29 is 0 Å². The molecule has 2 nitrogen and oxygen atoms in total. The molecule has 0 saturated carbocycles. The van der Waals surface area contributed by atoms with Crippen molar-refractivity contribution in [1.82, 2.24) is 5.32 Å². The highest BCUT2D eigenvalue weighted by Crippen LogP contribution is 2.39. The number of benzene rings is 1. The minimum absolute atomic E-state index is 0.443. The van der Waals surface area contributed by atoms with Gasteiger partial charge in [-0.3, -0.25) is 0 Å². The van der Waals surface area contributed by atoms with Crippen LogP contribution in [0.4, 0.5) is 5.69 Å². The van der Waals surface area contributed by atoms with E-state index in [2.05, 4.69) is 62.2 Å². The van der Waals surface area contributed by atoms with Gasteiger partial charge in [0.1, 0.15) is 0 Å². The highest BCUT2D eigenvalue weighted by Gasteiger charge is 2.34. The molecule has 1 aliphatic rings. The maximum Gasteiger partial charge on any atom is 0.0366 e. The Balaban J connectivity index is 2.04. The highest BCUT2D eigenvalue weighted by molar-refractivity contribution is 5.49. The summed E-state index contributed by atoms with van der Waals surface area (Å²) in [5.74, 6) is 0. The molecule has 0 aliphatic carbocycles. The zero-order chi connectivity index (χ0) is 14.6. The SMILES string of the molecule is CCNC(C)c1ccc(N2CCC(CC)(CC)C2)cc1. The van der Waals surface area contributed by atoms with Gasteiger partial charge in [-0.25, -0.2) is 0 Å². The van der Waals surface area contributed by atoms with E-state index in [-0.39, 0.29) is 0 Å². The Morgan fingerprint density at radius 3 is 2.30 bits per heavy atom. The van der Waals surface area contributed by atoms with Crippen LogP contribution in [-0.2, 0) is 0 Å². The minimum Gasteiger partial charge on any atom is -0.371 e. The fourth-order valence-electron chi connectivity index (χ4n) is 3.38. The zero-order valence-corrected chi connectivity index (χ0v) is 13.6. The molecule has 0 radical (unpaired) electrons. The van der Waals surface area contributed by atoms with E-state index < -0.39 is 0 Å². The molecule has 0 bridgehead atoms. The molecule has 0 amide bonds. The third-order valence-electron chi connectivity index (χ3n) is 5.21. The topological polar surface area (TPSA) is 15.3 Å². The summed E-state index contributed by atoms with van der Waals surface area (Å²) < 4.78 is 0. The number of hydrogen-bond acceptors (Lipinski definition) is 2. The van der Waals surface area contributed by atoms with Gasteiger partial charge in [-0.1, -0.05) is 32.9 Å². The van der Waals surface area contributed by atoms with Crippen molar-refractivity contribution in [2.45, 2.75) is 53.0 Å². The van der Waals surface area contributed by atoms with Gasteiger partial charge >= 0.3 is 0 Å². The van der Waals surface area contributed by atoms with Gasteiger partial charge in [0.15, 0.2) is 0 Å². The van der Waals surface area contributed by atoms with E-state index in [1.807, 2.05) is 0 Å². The fourth-order valence-corrected chi connectivity index (χ4v) is 3.38. The predicted molar refractivity (Wildman–Crippen MR) is 88.4 cm³/mol. The van der Waals surface area contributed by atoms with Crippen molar-refractivity contribution in [3.63, 3.8) is 0 Å². The maximum absolute atomic E-state index is 3.47. The molecule has 1 atom stereocenters. The summed E-state index contributed by atoms with van der Waals surface area (Å²) in [6.07, 6.45) is 3.95. The van der Waals surface area contributed by atoms with Crippen molar-refractivity contribution in [1.29, 1.82) is 0 Å². The van der Waals surface area contributed by atoms with Crippen LogP contribution in [0.3, 0.4) is 0 Å². The summed E-state index contributed by atoms with van der Waals surface area (Å²) in [4.78, 5) is 2.56. The third-order valence-corrected chi connectivity index (χ3v) is 5.21. The van der Waals surface area contributed by atoms with Crippen LogP contribution in [0.15, 0.2) is 24.3 Å². The molecule has 2 heteroatoms. The van der Waals surface area contributed by atoms with Crippen LogP contribution in [0.2, 0.25) is 0 Å². The van der Waals surface area contributed by atoms with E-state index >= 15 is 0 Å². The first kappa shape index (κ1) is 15.4. The molecule has 1 saturated heterocycles. The Hall–Kier alpha value is -1.02. The molecular formula is C18H30N2. The second kappa shape index (κ2) is 6.62. The quantitative estimate of drug-likeness (QED) is 0.828. The van der Waals surface area contributed by atoms with Gasteiger partial charge in [-0.05, 0) is 55.8 Å². The Morgan fingerprint density at radius 2 is 1.80 bits per heavy atom. The van der Waals surface area contributed by atoms with Crippen LogP contribution < -0.4 is 10.2 Å². The first-order valence-corrected chi connectivity index (χ1v) is 8.22. The first-order valence-electron chi connectivity index (χ1n) is 8.22. The largest absolute Gasteiger partial charge is 0.371 e. The molecule has 112 valence electrons. The lowest BCUT2D eigenvalue weighted by Gasteiger charge is -2.27. The number of anilines is 1. The Morgan fingerprint density at radius 1 is 1.15 bits per heavy atom. The molecule has 1 fully saturated rings. The van der Waals surface area contributed by atoms with Crippen LogP contribution in [0.1, 0.15) is 58.6 Å². The van der Waals surface area contributed by atoms with Gasteiger partial charge < -0.3 is 10.2 Å². The van der Waals surface area contributed by atoms with Crippen LogP contribution in [-0.4, -0.2) is 19.6 Å². The second-order valence-corrected chi connectivity index (χ2v) is 6.25. The number of nitrogens with zero attached hydrogens (tertiary/aromatic N) is 1. The molecule has 20 heavy (non-hydrogen) atoms. The predicted octanol–water partition coefficient (Wildman–Crippen LogP) is 4.37. The maximum atomic E-state index is 3.47. The van der Waals surface area contributed by atoms with Crippen molar-refractivity contribution in [3.8, 4) is 0 Å². The number of hydrogen-bond donors (Lipinski definition) is 1. The number of nitrogens with one attached hydrogen (secondary N) is 1. The van der Waals surface area contributed by atoms with Gasteiger partial charge in [0, 0.05) is 24.8 Å². The van der Waals surface area contributed by atoms with E-state index in [0.29, 0.717) is 11.5 Å². The molecule has 1 aromatic carbocycles. The summed E-state index contributed by atoms with van der Waals surface area (Å²) in [5.41, 5.74) is 3.32. The molecule has 0 aromatic heterocycles. The molecular weight excluding hydrogens is 244 g/mol. The van der Waals surface area contributed by atoms with E-state index in [1.165, 1.54) is 43.6 Å². The van der Waals surface area contributed by atoms with Crippen LogP contribution in [0, 0.1) is 5.41 Å². The lowest BCUT2D eigenvalue weighted by Crippen LogP contribution is -2.26. The Kier molecular flexibility index (Phi) is 5.09. The highest BCUT2D eigenvalue weighted by atomic mass is 15.2. The summed E-state index contributed by atoms with van der Waals surface area (Å²) in [7, 11) is 0. The molecule has 1 N–H and O–H groups in total. The lowest BCUT2D eigenvalue weighted by molar-refractivity contribution is 0.301. The van der Waals surface area contributed by atoms with Gasteiger partial charge in [0.2, 0.25) is 0 Å². The van der Waals surface area contributed by atoms with Gasteiger partial charge in [0.25, 0.3) is 0 Å². The van der Waals surface area contributed by atoms with Crippen molar-refractivity contribution in [3.05, 3.63) is 29.8 Å². The van der Waals surface area contributed by atoms with E-state index in [4.69, 9.17) is 0 Å². The zero-order valence-electron chi connectivity index (χ0n) is 13.6. The third kappa shape index (κ3) is 3.17. The van der Waals surface area contributed by atoms with E-state index in [0.717, 1.165) is 6.54 Å². The van der Waals surface area contributed by atoms with Gasteiger partial charge in [-0.2, -0.15) is 0 Å². The van der Waals surface area contributed by atoms with E-state index in [9.17, 15) is 0 Å². The normalized spacial score (nSPS) is 19.3. The van der Waals surface area contributed by atoms with Crippen LogP contribution in [0.25, 0.3) is 0 Å². The molecule has 1 aliphatic heterocycles. The van der Waals surface area contributed by atoms with Crippen molar-refractivity contribution in [2.24, 2.45) is 5.41 Å². The van der Waals surface area contributed by atoms with E-state index in [1.54, 1.807) is 0 Å². The molecule has 1 unspecified atom stereocenters. The standard InChI is InChI=1S/C18H30N2/c1-5-18(6-2)12-13-20(14-18)17-10-8-16(9-11-17)15(4)19-7-3/h8-11,15,19H,5-7,12-14H2,1-4H3. The fraction of sp³-hybridized carbons (Fsp3) is 0.667. The molecule has 0 spiro atoms. The van der Waals surface area contributed by atoms with Crippen molar-refractivity contribution >= 4 is 5.69 Å². The average molecular weight is 274 g/mol. The summed E-state index contributed by atoms with van der Waals surface area (Å²) in [6, 6.07) is 9.59. The lowest BCUT2D eigenvalue weighted by atomic mass is 9.82. The molecule has 1 aromatic rings. The first-order chi connectivity index (χ1) is 9.64. The molecule has 1 heterocycles. The molecule has 2 rings (SSSR count). The van der Waals surface area contributed by atoms with Gasteiger partial charge in [-0.15, -0.1) is 0 Å². The van der Waals surface area contributed by atoms with Crippen LogP contribution in [0.5, 0.6) is 0 Å². The summed E-state index contributed by atoms with van der Waals surface area (Å²) >= 11 is 0. The summed E-state index contributed by atoms with van der Waals surface area (Å²) in [5, 5.41) is 3.47. The van der Waals surface area contributed by atoms with Gasteiger partial charge in [0.05, 0.1) is 0 Å². The summed E-state index contributed by atoms with van der Waals surface area (Å²) in [6.45, 7) is 12.5. The Labute approximate surface area is 124 Å². The Bertz CT molecular complexity index is 406.